The monoisotopic (exact) mass is 877 g/mol. The first-order valence-corrected chi connectivity index (χ1v) is 27.7. The summed E-state index contributed by atoms with van der Waals surface area (Å²) in [5.41, 5.74) is 5.63. The van der Waals surface area contributed by atoms with Crippen LogP contribution in [0.3, 0.4) is 0 Å². The first kappa shape index (κ1) is 52.1. The maximum absolute atomic E-state index is 6.99. The average Bonchev–Trinajstić information content (AvgIpc) is 3.17. The molecule has 0 aliphatic carbocycles. The minimum Gasteiger partial charge on any atom is -0.497 e. The maximum atomic E-state index is 6.99. The van der Waals surface area contributed by atoms with Gasteiger partial charge >= 0.3 is 0 Å². The van der Waals surface area contributed by atoms with Crippen molar-refractivity contribution >= 4 is 16.6 Å². The van der Waals surface area contributed by atoms with Gasteiger partial charge in [-0.3, -0.25) is 0 Å². The Bertz CT molecular complexity index is 1780. The molecule has 0 N–H and O–H groups in total. The van der Waals surface area contributed by atoms with Gasteiger partial charge in [0.25, 0.3) is 0 Å². The summed E-state index contributed by atoms with van der Waals surface area (Å²) in [5.74, 6) is 2.17. The lowest BCUT2D eigenvalue weighted by atomic mass is 9.96. The molecule has 4 atom stereocenters. The summed E-state index contributed by atoms with van der Waals surface area (Å²) in [5, 5.41) is 0.295. The summed E-state index contributed by atoms with van der Waals surface area (Å²) in [6.45, 7) is 33.6. The Labute approximate surface area is 372 Å². The molecule has 1 aliphatic heterocycles. The fraction of sp³-hybridized carbons (Fsp3) is 0.569. The van der Waals surface area contributed by atoms with E-state index in [-0.39, 0.29) is 34.5 Å². The lowest BCUT2D eigenvalue weighted by Gasteiger charge is -2.39. The van der Waals surface area contributed by atoms with Crippen LogP contribution in [0.15, 0.2) is 102 Å². The number of rotatable bonds is 23. The van der Waals surface area contributed by atoms with Crippen LogP contribution in [0.5, 0.6) is 17.2 Å². The van der Waals surface area contributed by atoms with Gasteiger partial charge in [-0.1, -0.05) is 119 Å². The van der Waals surface area contributed by atoms with Gasteiger partial charge in [-0.15, -0.1) is 0 Å². The number of ether oxygens (including phenoxy) is 6. The van der Waals surface area contributed by atoms with Crippen LogP contribution < -0.4 is 14.2 Å². The number of benzene rings is 2. The first-order chi connectivity index (χ1) is 28.5. The summed E-state index contributed by atoms with van der Waals surface area (Å²) in [7, 11) is 1.10. The predicted molar refractivity (Wildman–Crippen MR) is 258 cm³/mol. The van der Waals surface area contributed by atoms with Crippen molar-refractivity contribution in [2.45, 2.75) is 155 Å². The Morgan fingerprint density at radius 3 is 2.08 bits per heavy atom. The normalized spacial score (nSPS) is 18.5. The fourth-order valence-corrected chi connectivity index (χ4v) is 8.53. The molecule has 0 bridgehead atoms. The van der Waals surface area contributed by atoms with E-state index >= 15 is 0 Å². The minimum atomic E-state index is -2.02. The Morgan fingerprint density at radius 2 is 1.46 bits per heavy atom. The maximum Gasteiger partial charge on any atom is 0.192 e. The fourth-order valence-electron chi connectivity index (χ4n) is 6.32. The molecule has 0 radical (unpaired) electrons. The molecule has 2 aromatic rings. The van der Waals surface area contributed by atoms with E-state index in [9.17, 15) is 0 Å². The summed E-state index contributed by atoms with van der Waals surface area (Å²) in [4.78, 5) is 0. The molecule has 340 valence electrons. The molecule has 0 unspecified atom stereocenters. The second-order valence-electron chi connectivity index (χ2n) is 19.5. The molecular weight excluding hydrogens is 797 g/mol. The van der Waals surface area contributed by atoms with Crippen LogP contribution in [0.1, 0.15) is 92.2 Å². The Kier molecular flexibility index (Phi) is 20.5. The summed E-state index contributed by atoms with van der Waals surface area (Å²) in [6.07, 6.45) is 16.1. The van der Waals surface area contributed by atoms with Crippen LogP contribution in [-0.4, -0.2) is 75.6 Å². The number of hydrogen-bond acceptors (Lipinski definition) is 8. The molecule has 0 saturated carbocycles. The molecule has 2 aromatic carbocycles. The Morgan fingerprint density at radius 1 is 0.803 bits per heavy atom. The van der Waals surface area contributed by atoms with Crippen molar-refractivity contribution in [1.29, 1.82) is 0 Å². The molecule has 0 aromatic heterocycles. The Balaban J connectivity index is 1.69. The number of methoxy groups -OCH3 is 3. The van der Waals surface area contributed by atoms with E-state index in [0.29, 0.717) is 37.9 Å². The van der Waals surface area contributed by atoms with Gasteiger partial charge in [0, 0.05) is 0 Å². The summed E-state index contributed by atoms with van der Waals surface area (Å²) < 4.78 is 48.9. The van der Waals surface area contributed by atoms with Gasteiger partial charge in [-0.05, 0) is 111 Å². The lowest BCUT2D eigenvalue weighted by Crippen LogP contribution is -2.43. The van der Waals surface area contributed by atoms with Crippen LogP contribution in [0.2, 0.25) is 36.3 Å². The third-order valence-electron chi connectivity index (χ3n) is 12.2. The average molecular weight is 877 g/mol. The highest BCUT2D eigenvalue weighted by Crippen LogP contribution is 2.39. The predicted octanol–water partition coefficient (Wildman–Crippen LogP) is 13.1. The SMILES string of the molecule is C=C1C[C@@H](C/C=C/[C@@H](C/C(C)=C\CO[Si](C)(C)C(C)(C)C)O[Si](C)(C)C(C)(C)C)O[C@@H](/C=C(C)/C=C/[C@H](COCc2ccc(OC)c(OC)c2)OCc2ccc(OC)cc2)C1. The number of hydrogen-bond donors (Lipinski definition) is 0. The first-order valence-electron chi connectivity index (χ1n) is 21.9. The quantitative estimate of drug-likeness (QED) is 0.0621. The largest absolute Gasteiger partial charge is 0.497 e. The van der Waals surface area contributed by atoms with Gasteiger partial charge in [0.15, 0.2) is 28.1 Å². The van der Waals surface area contributed by atoms with Crippen molar-refractivity contribution < 1.29 is 37.3 Å². The van der Waals surface area contributed by atoms with Gasteiger partial charge in [-0.2, -0.15) is 0 Å². The molecule has 3 rings (SSSR count). The third kappa shape index (κ3) is 17.8. The van der Waals surface area contributed by atoms with Crippen LogP contribution in [-0.2, 0) is 36.3 Å². The summed E-state index contributed by atoms with van der Waals surface area (Å²) >= 11 is 0. The zero-order valence-corrected chi connectivity index (χ0v) is 42.4. The van der Waals surface area contributed by atoms with Crippen LogP contribution in [0.25, 0.3) is 0 Å². The van der Waals surface area contributed by atoms with Crippen LogP contribution >= 0.6 is 0 Å². The van der Waals surface area contributed by atoms with Crippen molar-refractivity contribution in [2.24, 2.45) is 0 Å². The number of allylic oxidation sites excluding steroid dienone is 2. The van der Waals surface area contributed by atoms with E-state index in [1.165, 1.54) is 11.1 Å². The van der Waals surface area contributed by atoms with Crippen molar-refractivity contribution in [3.63, 3.8) is 0 Å². The zero-order chi connectivity index (χ0) is 45.4. The van der Waals surface area contributed by atoms with Gasteiger partial charge in [0.2, 0.25) is 0 Å². The standard InChI is InChI=1S/C51H80O8Si2/c1-38(20-24-46(56-36-41-21-25-43(52-10)26-22-41)37-55-35-42-23-27-48(53-11)49(34-42)54-12)31-47-33-40(3)32-44(58-47)18-17-19-45(59-61(15,16)51(7,8)9)30-39(2)28-29-57-60(13,14)50(4,5)6/h17,19-28,31,34,44-47H,3,18,29-30,32-33,35-37H2,1-2,4-16H3/b19-17+,24-20+,38-31+,39-28-/t44-,45+,46-,47+/m1/s1. The van der Waals surface area contributed by atoms with Gasteiger partial charge in [0.05, 0.1) is 72.2 Å². The highest BCUT2D eigenvalue weighted by Gasteiger charge is 2.39. The molecular formula is C51H80O8Si2. The molecule has 0 spiro atoms. The topological polar surface area (TPSA) is 73.8 Å². The van der Waals surface area contributed by atoms with E-state index in [1.54, 1.807) is 21.3 Å². The molecule has 1 aliphatic rings. The Hall–Kier alpha value is -3.23. The second-order valence-corrected chi connectivity index (χ2v) is 29.1. The summed E-state index contributed by atoms with van der Waals surface area (Å²) in [6, 6.07) is 13.7. The van der Waals surface area contributed by atoms with E-state index < -0.39 is 16.6 Å². The molecule has 61 heavy (non-hydrogen) atoms. The molecule has 1 fully saturated rings. The molecule has 8 nitrogen and oxygen atoms in total. The van der Waals surface area contributed by atoms with E-state index in [0.717, 1.165) is 48.1 Å². The van der Waals surface area contributed by atoms with E-state index in [4.69, 9.17) is 37.3 Å². The molecule has 10 heteroatoms. The van der Waals surface area contributed by atoms with Gasteiger partial charge < -0.3 is 37.3 Å². The smallest absolute Gasteiger partial charge is 0.192 e. The van der Waals surface area contributed by atoms with Crippen molar-refractivity contribution in [1.82, 2.24) is 0 Å². The highest BCUT2D eigenvalue weighted by molar-refractivity contribution is 6.74. The lowest BCUT2D eigenvalue weighted by molar-refractivity contribution is -0.00560. The van der Waals surface area contributed by atoms with Crippen LogP contribution in [0.4, 0.5) is 0 Å². The third-order valence-corrected chi connectivity index (χ3v) is 21.2. The van der Waals surface area contributed by atoms with E-state index in [1.807, 2.05) is 42.5 Å². The van der Waals surface area contributed by atoms with Crippen molar-refractivity contribution in [3.8, 4) is 17.2 Å². The minimum absolute atomic E-state index is 0.0113. The van der Waals surface area contributed by atoms with Crippen molar-refractivity contribution in [2.75, 3.05) is 34.5 Å². The molecule has 0 amide bonds. The van der Waals surface area contributed by atoms with Gasteiger partial charge in [0.1, 0.15) is 5.75 Å². The molecule has 1 heterocycles. The second kappa shape index (κ2) is 24.0. The van der Waals surface area contributed by atoms with E-state index in [2.05, 4.69) is 125 Å². The van der Waals surface area contributed by atoms with Crippen molar-refractivity contribution in [3.05, 3.63) is 113 Å². The zero-order valence-electron chi connectivity index (χ0n) is 40.4. The molecule has 1 saturated heterocycles. The van der Waals surface area contributed by atoms with Crippen LogP contribution in [0, 0.1) is 0 Å². The highest BCUT2D eigenvalue weighted by atomic mass is 28.4. The van der Waals surface area contributed by atoms with Gasteiger partial charge in [-0.25, -0.2) is 0 Å².